The molecule has 0 spiro atoms. The normalized spacial score (nSPS) is 24.8. The van der Waals surface area contributed by atoms with Crippen molar-refractivity contribution in [1.29, 1.82) is 0 Å². The molecule has 86 valence electrons. The topological polar surface area (TPSA) is 58.2 Å². The molecule has 15 heavy (non-hydrogen) atoms. The summed E-state index contributed by atoms with van der Waals surface area (Å²) in [5.41, 5.74) is 6.47. The average Bonchev–Trinajstić information content (AvgIpc) is 2.20. The van der Waals surface area contributed by atoms with E-state index in [-0.39, 0.29) is 11.3 Å². The standard InChI is InChI=1S/C11H20N2O2/c1-11(2)9(6-7-12-13-11)4-3-5-10(15)8-14/h8-9,12-13H,3-7H2,1-2H3. The Morgan fingerprint density at radius 3 is 2.87 bits per heavy atom. The predicted molar refractivity (Wildman–Crippen MR) is 58.2 cm³/mol. The molecule has 0 radical (unpaired) electrons. The third-order valence-electron chi connectivity index (χ3n) is 3.16. The number of aldehydes is 1. The SMILES string of the molecule is CC1(C)NNCCC1CCCC(=O)C=O. The Hall–Kier alpha value is -0.740. The lowest BCUT2D eigenvalue weighted by atomic mass is 9.80. The van der Waals surface area contributed by atoms with E-state index in [0.717, 1.165) is 25.8 Å². The van der Waals surface area contributed by atoms with Gasteiger partial charge in [-0.1, -0.05) is 0 Å². The first-order valence-corrected chi connectivity index (χ1v) is 5.54. The van der Waals surface area contributed by atoms with Gasteiger partial charge in [0.25, 0.3) is 0 Å². The highest BCUT2D eigenvalue weighted by Gasteiger charge is 2.31. The highest BCUT2D eigenvalue weighted by atomic mass is 16.2. The van der Waals surface area contributed by atoms with Crippen molar-refractivity contribution in [2.75, 3.05) is 6.54 Å². The molecule has 1 unspecified atom stereocenters. The summed E-state index contributed by atoms with van der Waals surface area (Å²) < 4.78 is 0. The van der Waals surface area contributed by atoms with Crippen LogP contribution in [0.1, 0.15) is 39.5 Å². The number of nitrogens with one attached hydrogen (secondary N) is 2. The van der Waals surface area contributed by atoms with E-state index in [1.165, 1.54) is 0 Å². The van der Waals surface area contributed by atoms with Crippen molar-refractivity contribution in [1.82, 2.24) is 10.9 Å². The maximum Gasteiger partial charge on any atom is 0.195 e. The van der Waals surface area contributed by atoms with E-state index < -0.39 is 0 Å². The maximum absolute atomic E-state index is 10.8. The quantitative estimate of drug-likeness (QED) is 0.523. The molecule has 0 aromatic rings. The minimum Gasteiger partial charge on any atom is -0.295 e. The van der Waals surface area contributed by atoms with Crippen LogP contribution in [0.2, 0.25) is 0 Å². The molecule has 0 amide bonds. The van der Waals surface area contributed by atoms with Crippen LogP contribution in [-0.4, -0.2) is 24.2 Å². The summed E-state index contributed by atoms with van der Waals surface area (Å²) >= 11 is 0. The van der Waals surface area contributed by atoms with E-state index in [1.54, 1.807) is 0 Å². The summed E-state index contributed by atoms with van der Waals surface area (Å²) in [7, 11) is 0. The van der Waals surface area contributed by atoms with Crippen molar-refractivity contribution in [3.8, 4) is 0 Å². The van der Waals surface area contributed by atoms with Crippen LogP contribution in [0.15, 0.2) is 0 Å². The second-order valence-electron chi connectivity index (χ2n) is 4.74. The summed E-state index contributed by atoms with van der Waals surface area (Å²) in [4.78, 5) is 21.0. The number of hydrogen-bond acceptors (Lipinski definition) is 4. The van der Waals surface area contributed by atoms with Crippen LogP contribution in [0.5, 0.6) is 0 Å². The molecule has 4 nitrogen and oxygen atoms in total. The van der Waals surface area contributed by atoms with Crippen LogP contribution >= 0.6 is 0 Å². The van der Waals surface area contributed by atoms with Gasteiger partial charge in [0.15, 0.2) is 12.1 Å². The Kier molecular flexibility index (Phi) is 4.42. The van der Waals surface area contributed by atoms with Crippen LogP contribution in [0.4, 0.5) is 0 Å². The van der Waals surface area contributed by atoms with Gasteiger partial charge in [-0.25, -0.2) is 0 Å². The van der Waals surface area contributed by atoms with E-state index in [0.29, 0.717) is 18.6 Å². The number of rotatable bonds is 5. The number of carbonyl (C=O) groups excluding carboxylic acids is 2. The molecule has 1 fully saturated rings. The number of ketones is 1. The minimum atomic E-state index is -0.283. The molecule has 1 saturated heterocycles. The number of hydrogen-bond donors (Lipinski definition) is 2. The van der Waals surface area contributed by atoms with Gasteiger partial charge in [0.1, 0.15) is 0 Å². The predicted octanol–water partition coefficient (Wildman–Crippen LogP) is 0.817. The van der Waals surface area contributed by atoms with Gasteiger partial charge in [-0.05, 0) is 39.0 Å². The van der Waals surface area contributed by atoms with Crippen LogP contribution < -0.4 is 10.9 Å². The molecule has 0 aromatic heterocycles. The van der Waals surface area contributed by atoms with Crippen molar-refractivity contribution in [2.45, 2.75) is 45.1 Å². The van der Waals surface area contributed by atoms with Gasteiger partial charge in [0, 0.05) is 18.5 Å². The fourth-order valence-electron chi connectivity index (χ4n) is 2.09. The van der Waals surface area contributed by atoms with Gasteiger partial charge in [-0.15, -0.1) is 0 Å². The Labute approximate surface area is 90.8 Å². The lowest BCUT2D eigenvalue weighted by Crippen LogP contribution is -2.57. The van der Waals surface area contributed by atoms with E-state index in [9.17, 15) is 9.59 Å². The Balaban J connectivity index is 2.30. The Bertz CT molecular complexity index is 239. The lowest BCUT2D eigenvalue weighted by Gasteiger charge is -2.40. The number of Topliss-reactive ketones (excluding diaryl/α,β-unsaturated/α-hetero) is 1. The molecule has 1 heterocycles. The summed E-state index contributed by atoms with van der Waals surface area (Å²) in [6.07, 6.45) is 3.75. The second kappa shape index (κ2) is 5.37. The fraction of sp³-hybridized carbons (Fsp3) is 0.818. The molecule has 0 aromatic carbocycles. The smallest absolute Gasteiger partial charge is 0.195 e. The molecular weight excluding hydrogens is 192 g/mol. The lowest BCUT2D eigenvalue weighted by molar-refractivity contribution is -0.130. The highest BCUT2D eigenvalue weighted by Crippen LogP contribution is 2.27. The van der Waals surface area contributed by atoms with Crippen molar-refractivity contribution < 1.29 is 9.59 Å². The third kappa shape index (κ3) is 3.72. The van der Waals surface area contributed by atoms with Crippen LogP contribution in [0.3, 0.4) is 0 Å². The summed E-state index contributed by atoms with van der Waals surface area (Å²) in [5.74, 6) is 0.285. The fourth-order valence-corrected chi connectivity index (χ4v) is 2.09. The first kappa shape index (κ1) is 12.3. The van der Waals surface area contributed by atoms with Crippen molar-refractivity contribution in [2.24, 2.45) is 5.92 Å². The van der Waals surface area contributed by atoms with Gasteiger partial charge < -0.3 is 0 Å². The largest absolute Gasteiger partial charge is 0.295 e. The molecular formula is C11H20N2O2. The summed E-state index contributed by atoms with van der Waals surface area (Å²) in [6.45, 7) is 5.28. The van der Waals surface area contributed by atoms with Gasteiger partial charge in [0.05, 0.1) is 0 Å². The second-order valence-corrected chi connectivity index (χ2v) is 4.74. The van der Waals surface area contributed by atoms with Crippen molar-refractivity contribution >= 4 is 12.1 Å². The number of carbonyl (C=O) groups is 2. The monoisotopic (exact) mass is 212 g/mol. The van der Waals surface area contributed by atoms with Crippen LogP contribution in [0, 0.1) is 5.92 Å². The van der Waals surface area contributed by atoms with Crippen molar-refractivity contribution in [3.63, 3.8) is 0 Å². The van der Waals surface area contributed by atoms with E-state index in [4.69, 9.17) is 0 Å². The Morgan fingerprint density at radius 1 is 1.53 bits per heavy atom. The summed E-state index contributed by atoms with van der Waals surface area (Å²) in [5, 5.41) is 0. The van der Waals surface area contributed by atoms with E-state index in [2.05, 4.69) is 24.7 Å². The van der Waals surface area contributed by atoms with Gasteiger partial charge in [-0.2, -0.15) is 0 Å². The van der Waals surface area contributed by atoms with E-state index >= 15 is 0 Å². The Morgan fingerprint density at radius 2 is 2.27 bits per heavy atom. The number of hydrazine groups is 1. The average molecular weight is 212 g/mol. The minimum absolute atomic E-state index is 0.0719. The van der Waals surface area contributed by atoms with Crippen LogP contribution in [-0.2, 0) is 9.59 Å². The molecule has 0 saturated carbocycles. The highest BCUT2D eigenvalue weighted by molar-refractivity contribution is 6.24. The molecule has 2 N–H and O–H groups in total. The molecule has 0 bridgehead atoms. The molecule has 0 aliphatic carbocycles. The van der Waals surface area contributed by atoms with E-state index in [1.807, 2.05) is 0 Å². The zero-order valence-corrected chi connectivity index (χ0v) is 9.51. The maximum atomic E-state index is 10.8. The zero-order chi connectivity index (χ0) is 11.3. The van der Waals surface area contributed by atoms with Crippen LogP contribution in [0.25, 0.3) is 0 Å². The third-order valence-corrected chi connectivity index (χ3v) is 3.16. The first-order valence-electron chi connectivity index (χ1n) is 5.54. The molecule has 4 heteroatoms. The molecule has 1 atom stereocenters. The molecule has 1 rings (SSSR count). The zero-order valence-electron chi connectivity index (χ0n) is 9.51. The molecule has 1 aliphatic heterocycles. The van der Waals surface area contributed by atoms with Crippen molar-refractivity contribution in [3.05, 3.63) is 0 Å². The van der Waals surface area contributed by atoms with Gasteiger partial charge >= 0.3 is 0 Å². The van der Waals surface area contributed by atoms with Gasteiger partial charge in [0.2, 0.25) is 0 Å². The molecule has 1 aliphatic rings. The summed E-state index contributed by atoms with van der Waals surface area (Å²) in [6, 6.07) is 0. The first-order chi connectivity index (χ1) is 7.06. The van der Waals surface area contributed by atoms with Gasteiger partial charge in [-0.3, -0.25) is 20.4 Å².